The van der Waals surface area contributed by atoms with Crippen LogP contribution in [0.1, 0.15) is 127 Å². The fraction of sp³-hybridized carbons (Fsp3) is 0.667. The second-order valence-electron chi connectivity index (χ2n) is 10.2. The minimum Gasteiger partial charge on any atom is -0.236 e. The molecule has 0 saturated heterocycles. The average molecular weight is 453 g/mol. The molecule has 182 valence electrons. The molecule has 0 spiro atoms. The number of hydrogen-bond donors (Lipinski definition) is 0. The number of nitrogens with zero attached hydrogens (tertiary/aromatic N) is 2. The fourth-order valence-electron chi connectivity index (χ4n) is 5.36. The highest BCUT2D eigenvalue weighted by molar-refractivity contribution is 5.55. The molecule has 0 atom stereocenters. The summed E-state index contributed by atoms with van der Waals surface area (Å²) in [5.41, 5.74) is 2.85. The smallest absolute Gasteiger partial charge is 0.159 e. The van der Waals surface area contributed by atoms with E-state index < -0.39 is 0 Å². The Morgan fingerprint density at radius 2 is 1.42 bits per heavy atom. The zero-order valence-electron chi connectivity index (χ0n) is 21.1. The van der Waals surface area contributed by atoms with Crippen molar-refractivity contribution in [3.05, 3.63) is 47.5 Å². The summed E-state index contributed by atoms with van der Waals surface area (Å²) in [6.07, 6.45) is 24.1. The van der Waals surface area contributed by atoms with Crippen molar-refractivity contribution < 1.29 is 4.39 Å². The summed E-state index contributed by atoms with van der Waals surface area (Å²) in [6, 6.07) is 5.65. The molecule has 2 aromatic rings. The maximum Gasteiger partial charge on any atom is 0.159 e. The molecule has 0 unspecified atom stereocenters. The van der Waals surface area contributed by atoms with Crippen LogP contribution in [0.4, 0.5) is 4.39 Å². The van der Waals surface area contributed by atoms with Crippen molar-refractivity contribution in [3.8, 4) is 11.4 Å². The summed E-state index contributed by atoms with van der Waals surface area (Å²) in [6.45, 7) is 4.51. The highest BCUT2D eigenvalue weighted by Gasteiger charge is 2.24. The minimum atomic E-state index is -0.0842. The van der Waals surface area contributed by atoms with E-state index in [-0.39, 0.29) is 5.82 Å². The number of unbranched alkanes of at least 4 members (excludes halogenated alkanes) is 8. The van der Waals surface area contributed by atoms with Crippen LogP contribution in [-0.4, -0.2) is 9.97 Å². The van der Waals surface area contributed by atoms with Gasteiger partial charge >= 0.3 is 0 Å². The number of rotatable bonds is 14. The quantitative estimate of drug-likeness (QED) is 0.267. The van der Waals surface area contributed by atoms with E-state index in [4.69, 9.17) is 0 Å². The van der Waals surface area contributed by atoms with E-state index in [2.05, 4.69) is 23.8 Å². The standard InChI is InChI=1S/C30H45FN2/c1-3-5-7-9-11-13-24-15-17-26(18-16-24)28-20-19-27(21-29(28)31)30-32-22-25(23-33-30)14-12-10-8-6-4-2/h19-24,26H,3-18H2,1-2H3. The van der Waals surface area contributed by atoms with Gasteiger partial charge in [-0.1, -0.05) is 90.2 Å². The van der Waals surface area contributed by atoms with Crippen molar-refractivity contribution in [1.29, 1.82) is 0 Å². The first-order valence-electron chi connectivity index (χ1n) is 13.8. The molecule has 1 aromatic carbocycles. The molecule has 1 saturated carbocycles. The van der Waals surface area contributed by atoms with Crippen LogP contribution in [0.15, 0.2) is 30.6 Å². The lowest BCUT2D eigenvalue weighted by Crippen LogP contribution is -2.14. The molecule has 0 N–H and O–H groups in total. The first-order valence-corrected chi connectivity index (χ1v) is 13.8. The molecule has 1 aromatic heterocycles. The summed E-state index contributed by atoms with van der Waals surface area (Å²) < 4.78 is 15.0. The van der Waals surface area contributed by atoms with Gasteiger partial charge in [0.05, 0.1) is 0 Å². The van der Waals surface area contributed by atoms with Crippen LogP contribution in [0.3, 0.4) is 0 Å². The predicted octanol–water partition coefficient (Wildman–Crippen LogP) is 9.43. The molecule has 2 nitrogen and oxygen atoms in total. The van der Waals surface area contributed by atoms with Gasteiger partial charge in [0, 0.05) is 18.0 Å². The van der Waals surface area contributed by atoms with E-state index in [1.807, 2.05) is 24.5 Å². The molecule has 3 heteroatoms. The first-order chi connectivity index (χ1) is 16.2. The Labute approximate surface area is 201 Å². The Morgan fingerprint density at radius 1 is 0.788 bits per heavy atom. The second-order valence-corrected chi connectivity index (χ2v) is 10.2. The normalized spacial score (nSPS) is 18.5. The summed E-state index contributed by atoms with van der Waals surface area (Å²) >= 11 is 0. The number of hydrogen-bond acceptors (Lipinski definition) is 2. The molecule has 1 aliphatic rings. The van der Waals surface area contributed by atoms with E-state index in [9.17, 15) is 0 Å². The van der Waals surface area contributed by atoms with Gasteiger partial charge in [0.25, 0.3) is 0 Å². The van der Waals surface area contributed by atoms with E-state index in [1.54, 1.807) is 6.07 Å². The molecular weight excluding hydrogens is 407 g/mol. The summed E-state index contributed by atoms with van der Waals surface area (Å²) in [5, 5.41) is 0. The predicted molar refractivity (Wildman–Crippen MR) is 138 cm³/mol. The van der Waals surface area contributed by atoms with Crippen LogP contribution < -0.4 is 0 Å². The van der Waals surface area contributed by atoms with Crippen LogP contribution in [0.5, 0.6) is 0 Å². The fourth-order valence-corrected chi connectivity index (χ4v) is 5.36. The van der Waals surface area contributed by atoms with E-state index in [0.29, 0.717) is 11.7 Å². The summed E-state index contributed by atoms with van der Waals surface area (Å²) in [4.78, 5) is 9.05. The summed E-state index contributed by atoms with van der Waals surface area (Å²) in [7, 11) is 0. The van der Waals surface area contributed by atoms with Crippen LogP contribution in [0.2, 0.25) is 0 Å². The second kappa shape index (κ2) is 14.5. The molecule has 1 aliphatic carbocycles. The third-order valence-electron chi connectivity index (χ3n) is 7.54. The molecular formula is C30H45FN2. The topological polar surface area (TPSA) is 25.8 Å². The maximum absolute atomic E-state index is 15.0. The Bertz CT molecular complexity index is 793. The number of halogens is 1. The van der Waals surface area contributed by atoms with Crippen LogP contribution in [0, 0.1) is 11.7 Å². The lowest BCUT2D eigenvalue weighted by atomic mass is 9.76. The molecule has 33 heavy (non-hydrogen) atoms. The van der Waals surface area contributed by atoms with Gasteiger partial charge in [0.1, 0.15) is 5.82 Å². The Kier molecular flexibility index (Phi) is 11.3. The summed E-state index contributed by atoms with van der Waals surface area (Å²) in [5.74, 6) is 1.76. The van der Waals surface area contributed by atoms with E-state index in [0.717, 1.165) is 36.3 Å². The van der Waals surface area contributed by atoms with Gasteiger partial charge in [-0.25, -0.2) is 14.4 Å². The van der Waals surface area contributed by atoms with Crippen molar-refractivity contribution >= 4 is 0 Å². The minimum absolute atomic E-state index is 0.0842. The first kappa shape index (κ1) is 25.8. The Hall–Kier alpha value is -1.77. The highest BCUT2D eigenvalue weighted by atomic mass is 19.1. The lowest BCUT2D eigenvalue weighted by Gasteiger charge is -2.29. The van der Waals surface area contributed by atoms with Gasteiger partial charge in [-0.3, -0.25) is 0 Å². The SMILES string of the molecule is CCCCCCCc1cnc(-c2ccc(C3CCC(CCCCCCC)CC3)c(F)c2)nc1. The highest BCUT2D eigenvalue weighted by Crippen LogP contribution is 2.39. The number of aryl methyl sites for hydroxylation is 1. The van der Waals surface area contributed by atoms with Crippen LogP contribution in [0.25, 0.3) is 11.4 Å². The molecule has 3 rings (SSSR count). The maximum atomic E-state index is 15.0. The van der Waals surface area contributed by atoms with Gasteiger partial charge in [0.2, 0.25) is 0 Å². The van der Waals surface area contributed by atoms with Gasteiger partial charge < -0.3 is 0 Å². The Morgan fingerprint density at radius 3 is 2.06 bits per heavy atom. The van der Waals surface area contributed by atoms with Gasteiger partial charge in [-0.05, 0) is 67.6 Å². The van der Waals surface area contributed by atoms with Crippen molar-refractivity contribution in [2.45, 2.75) is 122 Å². The number of benzene rings is 1. The average Bonchev–Trinajstić information content (AvgIpc) is 2.85. The number of aromatic nitrogens is 2. The molecule has 1 fully saturated rings. The third kappa shape index (κ3) is 8.50. The van der Waals surface area contributed by atoms with Gasteiger partial charge in [0.15, 0.2) is 5.82 Å². The van der Waals surface area contributed by atoms with Crippen LogP contribution in [-0.2, 0) is 6.42 Å². The Balaban J connectivity index is 1.47. The third-order valence-corrected chi connectivity index (χ3v) is 7.54. The van der Waals surface area contributed by atoms with E-state index >= 15 is 4.39 Å². The molecule has 0 bridgehead atoms. The molecule has 1 heterocycles. The van der Waals surface area contributed by atoms with Crippen LogP contribution >= 0.6 is 0 Å². The van der Waals surface area contributed by atoms with Crippen molar-refractivity contribution in [2.75, 3.05) is 0 Å². The molecule has 0 radical (unpaired) electrons. The van der Waals surface area contributed by atoms with Gasteiger partial charge in [-0.15, -0.1) is 0 Å². The zero-order chi connectivity index (χ0) is 23.3. The molecule has 0 aliphatic heterocycles. The van der Waals surface area contributed by atoms with Crippen molar-refractivity contribution in [2.24, 2.45) is 5.92 Å². The van der Waals surface area contributed by atoms with Gasteiger partial charge in [-0.2, -0.15) is 0 Å². The van der Waals surface area contributed by atoms with Crippen molar-refractivity contribution in [3.63, 3.8) is 0 Å². The monoisotopic (exact) mass is 452 g/mol. The molecule has 0 amide bonds. The van der Waals surface area contributed by atoms with E-state index in [1.165, 1.54) is 89.0 Å². The largest absolute Gasteiger partial charge is 0.236 e. The van der Waals surface area contributed by atoms with Crippen molar-refractivity contribution in [1.82, 2.24) is 9.97 Å². The lowest BCUT2D eigenvalue weighted by molar-refractivity contribution is 0.298. The zero-order valence-corrected chi connectivity index (χ0v) is 21.1.